The van der Waals surface area contributed by atoms with Crippen LogP contribution in [0, 0.1) is 6.92 Å². The van der Waals surface area contributed by atoms with Gasteiger partial charge in [0.1, 0.15) is 0 Å². The maximum Gasteiger partial charge on any atom is 0.175 e. The van der Waals surface area contributed by atoms with Gasteiger partial charge in [-0.3, -0.25) is 0 Å². The van der Waals surface area contributed by atoms with E-state index in [1.807, 2.05) is 48.0 Å². The van der Waals surface area contributed by atoms with Crippen LogP contribution >= 0.6 is 22.9 Å². The smallest absolute Gasteiger partial charge is 0.175 e. The van der Waals surface area contributed by atoms with Crippen LogP contribution in [0.2, 0.25) is 5.02 Å². The van der Waals surface area contributed by atoms with Crippen LogP contribution in [0.4, 0.5) is 0 Å². The lowest BCUT2D eigenvalue weighted by molar-refractivity contribution is 0.602. The van der Waals surface area contributed by atoms with Crippen LogP contribution in [0.15, 0.2) is 71.8 Å². The van der Waals surface area contributed by atoms with E-state index >= 15 is 0 Å². The van der Waals surface area contributed by atoms with Gasteiger partial charge in [0.15, 0.2) is 9.84 Å². The van der Waals surface area contributed by atoms with E-state index in [0.29, 0.717) is 9.92 Å². The third-order valence-corrected chi connectivity index (χ3v) is 7.16. The molecule has 0 atom stereocenters. The minimum absolute atomic E-state index is 0.320. The minimum atomic E-state index is -3.25. The summed E-state index contributed by atoms with van der Waals surface area (Å²) in [7, 11) is -3.25. The van der Waals surface area contributed by atoms with Gasteiger partial charge in [-0.15, -0.1) is 11.3 Å². The van der Waals surface area contributed by atoms with E-state index in [4.69, 9.17) is 11.6 Å². The monoisotopic (exact) mass is 428 g/mol. The van der Waals surface area contributed by atoms with Crippen molar-refractivity contribution in [1.29, 1.82) is 0 Å². The van der Waals surface area contributed by atoms with E-state index in [1.165, 1.54) is 6.26 Å². The zero-order valence-corrected chi connectivity index (χ0v) is 17.6. The number of hydrogen-bond acceptors (Lipinski definition) is 4. The van der Waals surface area contributed by atoms with E-state index in [1.54, 1.807) is 35.7 Å². The predicted molar refractivity (Wildman–Crippen MR) is 115 cm³/mol. The molecule has 0 aliphatic rings. The molecule has 0 N–H and O–H groups in total. The molecular weight excluding hydrogens is 412 g/mol. The highest BCUT2D eigenvalue weighted by atomic mass is 35.5. The van der Waals surface area contributed by atoms with E-state index < -0.39 is 9.84 Å². The summed E-state index contributed by atoms with van der Waals surface area (Å²) in [6.07, 6.45) is 2.97. The van der Waals surface area contributed by atoms with Gasteiger partial charge >= 0.3 is 0 Å². The number of sulfone groups is 1. The molecule has 0 unspecified atom stereocenters. The fourth-order valence-electron chi connectivity index (χ4n) is 3.07. The van der Waals surface area contributed by atoms with Crippen LogP contribution in [-0.2, 0) is 9.84 Å². The number of hydrogen-bond donors (Lipinski definition) is 0. The minimum Gasteiger partial charge on any atom is -0.231 e. The summed E-state index contributed by atoms with van der Waals surface area (Å²) >= 11 is 7.96. The number of aryl methyl sites for hydroxylation is 1. The van der Waals surface area contributed by atoms with Gasteiger partial charge in [-0.2, -0.15) is 5.10 Å². The van der Waals surface area contributed by atoms with Gasteiger partial charge in [0, 0.05) is 11.1 Å². The molecule has 4 rings (SSSR count). The highest BCUT2D eigenvalue weighted by Gasteiger charge is 2.16. The molecule has 0 fully saturated rings. The van der Waals surface area contributed by atoms with Gasteiger partial charge in [-0.1, -0.05) is 35.9 Å². The molecular formula is C21H17ClN2O2S2. The Labute approximate surface area is 173 Å². The summed E-state index contributed by atoms with van der Waals surface area (Å²) in [4.78, 5) is 2.39. The lowest BCUT2D eigenvalue weighted by Crippen LogP contribution is -1.98. The van der Waals surface area contributed by atoms with Gasteiger partial charge < -0.3 is 0 Å². The van der Waals surface area contributed by atoms with Crippen LogP contribution in [0.1, 0.15) is 5.56 Å². The lowest BCUT2D eigenvalue weighted by atomic mass is 10.1. The molecule has 0 radical (unpaired) electrons. The molecule has 2 heterocycles. The number of nitrogens with zero attached hydrogens (tertiary/aromatic N) is 2. The first-order valence-electron chi connectivity index (χ1n) is 8.55. The normalized spacial score (nSPS) is 11.7. The van der Waals surface area contributed by atoms with Crippen molar-refractivity contribution in [3.05, 3.63) is 77.4 Å². The van der Waals surface area contributed by atoms with Gasteiger partial charge in [-0.25, -0.2) is 13.1 Å². The maximum absolute atomic E-state index is 11.9. The van der Waals surface area contributed by atoms with Gasteiger partial charge in [0.25, 0.3) is 0 Å². The van der Waals surface area contributed by atoms with Gasteiger partial charge in [-0.05, 0) is 54.4 Å². The largest absolute Gasteiger partial charge is 0.231 e. The number of aromatic nitrogens is 2. The summed E-state index contributed by atoms with van der Waals surface area (Å²) in [6.45, 7) is 2.03. The Morgan fingerprint density at radius 2 is 1.82 bits per heavy atom. The van der Waals surface area contributed by atoms with Crippen molar-refractivity contribution >= 4 is 32.8 Å². The molecule has 0 amide bonds. The maximum atomic E-state index is 11.9. The van der Waals surface area contributed by atoms with Crippen LogP contribution < -0.4 is 0 Å². The van der Waals surface area contributed by atoms with Gasteiger partial charge in [0.05, 0.1) is 32.4 Å². The Kier molecular flexibility index (Phi) is 4.87. The van der Waals surface area contributed by atoms with E-state index in [-0.39, 0.29) is 0 Å². The summed E-state index contributed by atoms with van der Waals surface area (Å²) in [5.74, 6) is 0. The average molecular weight is 429 g/mol. The van der Waals surface area contributed by atoms with Crippen molar-refractivity contribution in [2.45, 2.75) is 11.8 Å². The van der Waals surface area contributed by atoms with Crippen LogP contribution in [0.25, 0.3) is 26.7 Å². The molecule has 2 aromatic carbocycles. The van der Waals surface area contributed by atoms with Crippen molar-refractivity contribution < 1.29 is 8.42 Å². The molecule has 0 saturated carbocycles. The first kappa shape index (κ1) is 18.9. The Morgan fingerprint density at radius 1 is 1.04 bits per heavy atom. The summed E-state index contributed by atoms with van der Waals surface area (Å²) in [5.41, 5.74) is 3.72. The Balaban J connectivity index is 1.81. The molecule has 7 heteroatoms. The summed E-state index contributed by atoms with van der Waals surface area (Å²) in [5, 5.41) is 5.07. The van der Waals surface area contributed by atoms with E-state index in [9.17, 15) is 8.42 Å². The van der Waals surface area contributed by atoms with Crippen LogP contribution in [-0.4, -0.2) is 24.5 Å². The zero-order valence-electron chi connectivity index (χ0n) is 15.3. The molecule has 0 aliphatic heterocycles. The topological polar surface area (TPSA) is 52.0 Å². The fourth-order valence-corrected chi connectivity index (χ4v) is 5.13. The van der Waals surface area contributed by atoms with E-state index in [2.05, 4.69) is 11.2 Å². The molecule has 0 spiro atoms. The van der Waals surface area contributed by atoms with Crippen molar-refractivity contribution in [2.75, 3.05) is 6.26 Å². The number of halogens is 1. The first-order valence-corrected chi connectivity index (χ1v) is 11.6. The quantitative estimate of drug-likeness (QED) is 0.423. The zero-order chi connectivity index (χ0) is 19.9. The van der Waals surface area contributed by atoms with Crippen LogP contribution in [0.3, 0.4) is 0 Å². The van der Waals surface area contributed by atoms with Crippen molar-refractivity contribution in [2.24, 2.45) is 0 Å². The molecule has 28 heavy (non-hydrogen) atoms. The van der Waals surface area contributed by atoms with E-state index in [0.717, 1.165) is 32.3 Å². The summed E-state index contributed by atoms with van der Waals surface area (Å²) < 4.78 is 25.6. The second kappa shape index (κ2) is 7.20. The van der Waals surface area contributed by atoms with Crippen molar-refractivity contribution in [3.8, 4) is 26.7 Å². The Hall–Kier alpha value is -2.41. The predicted octanol–water partition coefficient (Wildman–Crippen LogP) is 5.63. The summed E-state index contributed by atoms with van der Waals surface area (Å²) in [6, 6.07) is 18.7. The molecule has 2 aromatic heterocycles. The number of thiophene rings is 1. The molecule has 0 saturated heterocycles. The first-order chi connectivity index (χ1) is 13.3. The highest BCUT2D eigenvalue weighted by Crippen LogP contribution is 2.39. The fraction of sp³-hybridized carbons (Fsp3) is 0.0952. The third kappa shape index (κ3) is 3.51. The average Bonchev–Trinajstić information content (AvgIpc) is 3.28. The Bertz CT molecular complexity index is 1270. The molecule has 4 nitrogen and oxygen atoms in total. The molecule has 0 aliphatic carbocycles. The molecule has 4 aromatic rings. The lowest BCUT2D eigenvalue weighted by Gasteiger charge is -2.07. The second-order valence-corrected chi connectivity index (χ2v) is 9.98. The number of para-hydroxylation sites is 1. The standard InChI is InChI=1S/C21H17ClN2O2S2/c1-14-12-20(19-10-11-23-24(19)18-9-4-3-8-17(18)22)27-21(14)15-6-5-7-16(13-15)28(2,25)26/h3-13H,1-2H3. The van der Waals surface area contributed by atoms with Crippen molar-refractivity contribution in [3.63, 3.8) is 0 Å². The third-order valence-electron chi connectivity index (χ3n) is 4.42. The SMILES string of the molecule is Cc1cc(-c2ccnn2-c2ccccc2Cl)sc1-c1cccc(S(C)(=O)=O)c1. The molecule has 0 bridgehead atoms. The second-order valence-electron chi connectivity index (χ2n) is 6.50. The number of benzene rings is 2. The highest BCUT2D eigenvalue weighted by molar-refractivity contribution is 7.90. The van der Waals surface area contributed by atoms with Crippen molar-refractivity contribution in [1.82, 2.24) is 9.78 Å². The van der Waals surface area contributed by atoms with Crippen LogP contribution in [0.5, 0.6) is 0 Å². The number of rotatable bonds is 4. The Morgan fingerprint density at radius 3 is 2.57 bits per heavy atom. The van der Waals surface area contributed by atoms with Gasteiger partial charge in [0.2, 0.25) is 0 Å². The molecule has 142 valence electrons.